The second-order valence-electron chi connectivity index (χ2n) is 1.59. The van der Waals surface area contributed by atoms with Crippen molar-refractivity contribution in [2.75, 3.05) is 0 Å². The average molecular weight is 116 g/mol. The molecule has 0 aliphatic heterocycles. The van der Waals surface area contributed by atoms with Crippen LogP contribution in [0, 0.1) is 0 Å². The molecule has 0 aromatic heterocycles. The number of rotatable bonds is 1. The van der Waals surface area contributed by atoms with Crippen LogP contribution in [-0.2, 0) is 0 Å². The van der Waals surface area contributed by atoms with Gasteiger partial charge in [0.25, 0.3) is 0 Å². The van der Waals surface area contributed by atoms with Crippen LogP contribution in [-0.4, -0.2) is 17.2 Å². The van der Waals surface area contributed by atoms with E-state index >= 15 is 0 Å². The molecule has 0 radical (unpaired) electrons. The van der Waals surface area contributed by atoms with Crippen molar-refractivity contribution >= 4 is 6.09 Å². The third-order valence-electron chi connectivity index (χ3n) is 0.374. The van der Waals surface area contributed by atoms with Gasteiger partial charge in [0.15, 0.2) is 0 Å². The molecule has 0 rings (SSSR count). The lowest BCUT2D eigenvalue weighted by atomic mass is 10.4. The molecule has 0 aromatic carbocycles. The van der Waals surface area contributed by atoms with Crippen LogP contribution in [0.3, 0.4) is 0 Å². The summed E-state index contributed by atoms with van der Waals surface area (Å²) in [6, 6.07) is -0.0360. The Morgan fingerprint density at radius 1 is 1.62 bits per heavy atom. The van der Waals surface area contributed by atoms with Gasteiger partial charge in [0.1, 0.15) is 0 Å². The molecule has 0 fully saturated rings. The Morgan fingerprint density at radius 2 is 2.12 bits per heavy atom. The maximum atomic E-state index is 9.64. The van der Waals surface area contributed by atoms with Crippen molar-refractivity contribution in [3.63, 3.8) is 0 Å². The Kier molecular flexibility index (Phi) is 2.76. The summed E-state index contributed by atoms with van der Waals surface area (Å²) in [7, 11) is 0. The molecular weight excluding hydrogens is 108 g/mol. The van der Waals surface area contributed by atoms with Crippen LogP contribution in [0.1, 0.15) is 13.8 Å². The first-order chi connectivity index (χ1) is 3.63. The molecular formula is C4H8N2O2. The van der Waals surface area contributed by atoms with Gasteiger partial charge in [0.2, 0.25) is 0 Å². The van der Waals surface area contributed by atoms with E-state index in [2.05, 4.69) is 10.2 Å². The fourth-order valence-electron chi connectivity index (χ4n) is 0.165. The van der Waals surface area contributed by atoms with E-state index < -0.39 is 6.09 Å². The first-order valence-corrected chi connectivity index (χ1v) is 2.26. The molecule has 1 N–H and O–H groups in total. The van der Waals surface area contributed by atoms with Gasteiger partial charge in [0, 0.05) is 0 Å². The molecule has 0 heterocycles. The molecule has 0 spiro atoms. The van der Waals surface area contributed by atoms with Gasteiger partial charge in [-0.25, -0.2) is 4.79 Å². The van der Waals surface area contributed by atoms with Gasteiger partial charge >= 0.3 is 6.09 Å². The number of carbonyl (C=O) groups is 1. The largest absolute Gasteiger partial charge is 0.462 e. The minimum absolute atomic E-state index is 0.0360. The van der Waals surface area contributed by atoms with E-state index in [-0.39, 0.29) is 6.04 Å². The summed E-state index contributed by atoms with van der Waals surface area (Å²) in [5, 5.41) is 14.1. The third-order valence-corrected chi connectivity index (χ3v) is 0.374. The molecule has 0 aliphatic carbocycles. The minimum atomic E-state index is -1.24. The van der Waals surface area contributed by atoms with Crippen LogP contribution < -0.4 is 0 Å². The van der Waals surface area contributed by atoms with Crippen LogP contribution in [0.4, 0.5) is 4.79 Å². The number of azo groups is 1. The zero-order chi connectivity index (χ0) is 6.57. The van der Waals surface area contributed by atoms with E-state index in [4.69, 9.17) is 5.11 Å². The second kappa shape index (κ2) is 3.12. The fourth-order valence-corrected chi connectivity index (χ4v) is 0.165. The van der Waals surface area contributed by atoms with Crippen LogP contribution in [0.25, 0.3) is 0 Å². The SMILES string of the molecule is CC(C)/N=N/C(=O)O. The van der Waals surface area contributed by atoms with Crippen LogP contribution in [0.15, 0.2) is 10.2 Å². The maximum absolute atomic E-state index is 9.64. The van der Waals surface area contributed by atoms with Crippen molar-refractivity contribution in [1.29, 1.82) is 0 Å². The number of hydrogen-bond acceptors (Lipinski definition) is 2. The number of amides is 1. The second-order valence-corrected chi connectivity index (χ2v) is 1.59. The Hall–Kier alpha value is -0.930. The van der Waals surface area contributed by atoms with Crippen molar-refractivity contribution in [3.8, 4) is 0 Å². The molecule has 1 amide bonds. The third kappa shape index (κ3) is 5.07. The van der Waals surface area contributed by atoms with Crippen molar-refractivity contribution < 1.29 is 9.90 Å². The van der Waals surface area contributed by atoms with Crippen LogP contribution >= 0.6 is 0 Å². The highest BCUT2D eigenvalue weighted by Crippen LogP contribution is 1.86. The highest BCUT2D eigenvalue weighted by molar-refractivity contribution is 5.64. The van der Waals surface area contributed by atoms with Crippen molar-refractivity contribution in [3.05, 3.63) is 0 Å². The number of nitrogens with zero attached hydrogens (tertiary/aromatic N) is 2. The highest BCUT2D eigenvalue weighted by atomic mass is 16.4. The molecule has 0 aromatic rings. The summed E-state index contributed by atoms with van der Waals surface area (Å²) in [6.45, 7) is 3.51. The topological polar surface area (TPSA) is 62.0 Å². The number of carboxylic acid groups (broad SMARTS) is 1. The first-order valence-electron chi connectivity index (χ1n) is 2.26. The van der Waals surface area contributed by atoms with E-state index in [1.54, 1.807) is 13.8 Å². The zero-order valence-electron chi connectivity index (χ0n) is 4.83. The van der Waals surface area contributed by atoms with E-state index in [0.717, 1.165) is 0 Å². The van der Waals surface area contributed by atoms with Crippen molar-refractivity contribution in [2.45, 2.75) is 19.9 Å². The van der Waals surface area contributed by atoms with Gasteiger partial charge in [-0.05, 0) is 13.8 Å². The average Bonchev–Trinajstić information content (AvgIpc) is 1.61. The molecule has 0 unspecified atom stereocenters. The Bertz CT molecular complexity index is 109. The molecule has 8 heavy (non-hydrogen) atoms. The molecule has 0 saturated carbocycles. The van der Waals surface area contributed by atoms with Gasteiger partial charge in [-0.1, -0.05) is 5.11 Å². The smallest absolute Gasteiger partial charge is 0.449 e. The van der Waals surface area contributed by atoms with Gasteiger partial charge in [-0.2, -0.15) is 5.11 Å². The summed E-state index contributed by atoms with van der Waals surface area (Å²) in [5.74, 6) is 0. The molecule has 46 valence electrons. The lowest BCUT2D eigenvalue weighted by Gasteiger charge is -1.87. The quantitative estimate of drug-likeness (QED) is 0.528. The van der Waals surface area contributed by atoms with E-state index in [1.165, 1.54) is 0 Å². The van der Waals surface area contributed by atoms with Crippen LogP contribution in [0.5, 0.6) is 0 Å². The lowest BCUT2D eigenvalue weighted by molar-refractivity contribution is 0.203. The summed E-state index contributed by atoms with van der Waals surface area (Å²) in [4.78, 5) is 9.64. The standard InChI is InChI=1S/C4H8N2O2/c1-3(2)5-6-4(7)8/h3H,1-2H3,(H,7,8)/b6-5+. The Labute approximate surface area is 47.2 Å². The summed E-state index contributed by atoms with van der Waals surface area (Å²) >= 11 is 0. The van der Waals surface area contributed by atoms with Gasteiger partial charge < -0.3 is 5.11 Å². The molecule has 0 atom stereocenters. The van der Waals surface area contributed by atoms with Crippen molar-refractivity contribution in [1.82, 2.24) is 0 Å². The summed E-state index contributed by atoms with van der Waals surface area (Å²) in [5.41, 5.74) is 0. The van der Waals surface area contributed by atoms with Crippen LogP contribution in [0.2, 0.25) is 0 Å². The summed E-state index contributed by atoms with van der Waals surface area (Å²) < 4.78 is 0. The molecule has 4 nitrogen and oxygen atoms in total. The predicted molar refractivity (Wildman–Crippen MR) is 28.0 cm³/mol. The van der Waals surface area contributed by atoms with Gasteiger partial charge in [0.05, 0.1) is 6.04 Å². The van der Waals surface area contributed by atoms with Gasteiger partial charge in [-0.3, -0.25) is 0 Å². The monoisotopic (exact) mass is 116 g/mol. The van der Waals surface area contributed by atoms with E-state index in [9.17, 15) is 4.79 Å². The zero-order valence-corrected chi connectivity index (χ0v) is 4.83. The normalized spacial score (nSPS) is 10.9. The minimum Gasteiger partial charge on any atom is -0.462 e. The first kappa shape index (κ1) is 7.07. The Morgan fingerprint density at radius 3 is 2.25 bits per heavy atom. The van der Waals surface area contributed by atoms with Gasteiger partial charge in [-0.15, -0.1) is 0 Å². The number of hydrogen-bond donors (Lipinski definition) is 1. The molecule has 4 heteroatoms. The maximum Gasteiger partial charge on any atom is 0.449 e. The predicted octanol–water partition coefficient (Wildman–Crippen LogP) is 1.53. The highest BCUT2D eigenvalue weighted by Gasteiger charge is 1.88. The summed E-state index contributed by atoms with van der Waals surface area (Å²) in [6.07, 6.45) is -1.24. The van der Waals surface area contributed by atoms with Crippen molar-refractivity contribution in [2.24, 2.45) is 10.2 Å². The Balaban J connectivity index is 3.50. The molecule has 0 saturated heterocycles. The lowest BCUT2D eigenvalue weighted by Crippen LogP contribution is -1.89. The molecule has 0 bridgehead atoms. The van der Waals surface area contributed by atoms with E-state index in [0.29, 0.717) is 0 Å². The fraction of sp³-hybridized carbons (Fsp3) is 0.750. The van der Waals surface area contributed by atoms with E-state index in [1.807, 2.05) is 0 Å². The molecule has 0 aliphatic rings.